The van der Waals surface area contributed by atoms with Crippen LogP contribution >= 0.6 is 35.0 Å². The molecule has 0 saturated carbocycles. The second kappa shape index (κ2) is 5.73. The van der Waals surface area contributed by atoms with E-state index in [-0.39, 0.29) is 5.56 Å². The lowest BCUT2D eigenvalue weighted by molar-refractivity contribution is 0.790. The molecule has 1 N–H and O–H groups in total. The van der Waals surface area contributed by atoms with Crippen molar-refractivity contribution in [2.24, 2.45) is 0 Å². The molecule has 0 aliphatic carbocycles. The highest BCUT2D eigenvalue weighted by Crippen LogP contribution is 2.25. The van der Waals surface area contributed by atoms with Crippen LogP contribution in [-0.2, 0) is 5.75 Å². The van der Waals surface area contributed by atoms with Crippen molar-refractivity contribution < 1.29 is 0 Å². The number of halogens is 2. The van der Waals surface area contributed by atoms with E-state index in [2.05, 4.69) is 15.2 Å². The molecular weight excluding hydrogens is 293 g/mol. The zero-order valence-electron chi connectivity index (χ0n) is 9.41. The molecule has 0 aliphatic rings. The molecule has 0 unspecified atom stereocenters. The summed E-state index contributed by atoms with van der Waals surface area (Å²) in [5.74, 6) is 0.630. The number of aromatic nitrogens is 3. The second-order valence-corrected chi connectivity index (χ2v) is 5.36. The number of nitrogens with one attached hydrogen (secondary N) is 1. The van der Waals surface area contributed by atoms with Crippen LogP contribution in [0.1, 0.15) is 11.3 Å². The average molecular weight is 302 g/mol. The van der Waals surface area contributed by atoms with E-state index in [4.69, 9.17) is 23.2 Å². The number of hydrogen-bond donors (Lipinski definition) is 1. The van der Waals surface area contributed by atoms with Gasteiger partial charge in [-0.1, -0.05) is 41.0 Å². The van der Waals surface area contributed by atoms with Gasteiger partial charge in [0.15, 0.2) is 5.16 Å². The molecule has 0 spiro atoms. The van der Waals surface area contributed by atoms with Crippen molar-refractivity contribution >= 4 is 35.0 Å². The Balaban J connectivity index is 2.09. The molecule has 2 aromatic rings. The third-order valence-electron chi connectivity index (χ3n) is 2.20. The summed E-state index contributed by atoms with van der Waals surface area (Å²) < 4.78 is 0. The molecule has 1 aromatic carbocycles. The fraction of sp³-hybridized carbons (Fsp3) is 0.182. The van der Waals surface area contributed by atoms with E-state index in [9.17, 15) is 4.79 Å². The van der Waals surface area contributed by atoms with Crippen molar-refractivity contribution in [2.75, 3.05) is 0 Å². The van der Waals surface area contributed by atoms with Gasteiger partial charge in [-0.05, 0) is 24.6 Å². The Bertz CT molecular complexity index is 630. The van der Waals surface area contributed by atoms with Gasteiger partial charge in [0.25, 0.3) is 5.56 Å². The number of hydrogen-bond acceptors (Lipinski definition) is 4. The second-order valence-electron chi connectivity index (χ2n) is 3.58. The Hall–Kier alpha value is -1.04. The molecule has 7 heteroatoms. The maximum Gasteiger partial charge on any atom is 0.273 e. The Kier molecular flexibility index (Phi) is 4.27. The van der Waals surface area contributed by atoms with Gasteiger partial charge in [-0.25, -0.2) is 0 Å². The highest BCUT2D eigenvalue weighted by Gasteiger charge is 2.03. The van der Waals surface area contributed by atoms with E-state index in [1.165, 1.54) is 11.8 Å². The summed E-state index contributed by atoms with van der Waals surface area (Å²) in [5.41, 5.74) is 1.13. The van der Waals surface area contributed by atoms with E-state index in [0.717, 1.165) is 5.56 Å². The SMILES string of the molecule is Cc1nnc(SCc2ccc(Cl)c(Cl)c2)[nH]c1=O. The minimum Gasteiger partial charge on any atom is -0.298 e. The van der Waals surface area contributed by atoms with Crippen LogP contribution < -0.4 is 5.56 Å². The lowest BCUT2D eigenvalue weighted by atomic mass is 10.2. The van der Waals surface area contributed by atoms with E-state index in [0.29, 0.717) is 26.6 Å². The number of H-pyrrole nitrogens is 1. The normalized spacial score (nSPS) is 10.6. The fourth-order valence-corrected chi connectivity index (χ4v) is 2.29. The van der Waals surface area contributed by atoms with Gasteiger partial charge in [-0.15, -0.1) is 10.2 Å². The van der Waals surface area contributed by atoms with Crippen molar-refractivity contribution in [1.29, 1.82) is 0 Å². The Morgan fingerprint density at radius 1 is 1.28 bits per heavy atom. The Labute approximate surface area is 118 Å². The molecule has 0 saturated heterocycles. The molecule has 0 radical (unpaired) electrons. The minimum absolute atomic E-state index is 0.221. The average Bonchev–Trinajstić information content (AvgIpc) is 2.35. The molecule has 0 amide bonds. The lowest BCUT2D eigenvalue weighted by Crippen LogP contribution is -2.14. The van der Waals surface area contributed by atoms with Crippen LogP contribution in [0.5, 0.6) is 0 Å². The van der Waals surface area contributed by atoms with Gasteiger partial charge in [0, 0.05) is 5.75 Å². The number of benzene rings is 1. The van der Waals surface area contributed by atoms with Crippen molar-refractivity contribution in [3.8, 4) is 0 Å². The first-order chi connectivity index (χ1) is 8.56. The third kappa shape index (κ3) is 3.25. The minimum atomic E-state index is -0.221. The number of nitrogens with zero attached hydrogens (tertiary/aromatic N) is 2. The summed E-state index contributed by atoms with van der Waals surface area (Å²) >= 11 is 13.1. The van der Waals surface area contributed by atoms with Crippen LogP contribution in [0.2, 0.25) is 10.0 Å². The van der Waals surface area contributed by atoms with E-state index >= 15 is 0 Å². The monoisotopic (exact) mass is 301 g/mol. The predicted molar refractivity (Wildman–Crippen MR) is 73.4 cm³/mol. The van der Waals surface area contributed by atoms with Crippen LogP contribution in [0.4, 0.5) is 0 Å². The van der Waals surface area contributed by atoms with Gasteiger partial charge in [-0.2, -0.15) is 0 Å². The summed E-state index contributed by atoms with van der Waals surface area (Å²) in [4.78, 5) is 14.0. The molecule has 18 heavy (non-hydrogen) atoms. The molecule has 0 bridgehead atoms. The quantitative estimate of drug-likeness (QED) is 0.885. The van der Waals surface area contributed by atoms with Crippen LogP contribution in [-0.4, -0.2) is 15.2 Å². The topological polar surface area (TPSA) is 58.6 Å². The van der Waals surface area contributed by atoms with Gasteiger partial charge in [-0.3, -0.25) is 9.78 Å². The molecule has 2 rings (SSSR count). The first kappa shape index (κ1) is 13.4. The van der Waals surface area contributed by atoms with E-state index < -0.39 is 0 Å². The van der Waals surface area contributed by atoms with Crippen molar-refractivity contribution in [3.63, 3.8) is 0 Å². The lowest BCUT2D eigenvalue weighted by Gasteiger charge is -2.02. The van der Waals surface area contributed by atoms with Crippen LogP contribution in [0, 0.1) is 6.92 Å². The highest BCUT2D eigenvalue weighted by atomic mass is 35.5. The van der Waals surface area contributed by atoms with Crippen LogP contribution in [0.3, 0.4) is 0 Å². The summed E-state index contributed by atoms with van der Waals surface area (Å²) in [6, 6.07) is 5.40. The zero-order valence-corrected chi connectivity index (χ0v) is 11.7. The van der Waals surface area contributed by atoms with Gasteiger partial charge in [0.05, 0.1) is 10.0 Å². The van der Waals surface area contributed by atoms with Gasteiger partial charge in [0.2, 0.25) is 0 Å². The molecule has 94 valence electrons. The molecular formula is C11H9Cl2N3OS. The Morgan fingerprint density at radius 2 is 2.06 bits per heavy atom. The number of thioether (sulfide) groups is 1. The summed E-state index contributed by atoms with van der Waals surface area (Å²) in [5, 5.41) is 9.17. The smallest absolute Gasteiger partial charge is 0.273 e. The third-order valence-corrected chi connectivity index (χ3v) is 3.87. The molecule has 4 nitrogen and oxygen atoms in total. The summed E-state index contributed by atoms with van der Waals surface area (Å²) in [7, 11) is 0. The number of rotatable bonds is 3. The summed E-state index contributed by atoms with van der Waals surface area (Å²) in [6.07, 6.45) is 0. The molecule has 1 aromatic heterocycles. The maximum atomic E-state index is 11.3. The van der Waals surface area contributed by atoms with Crippen LogP contribution in [0.15, 0.2) is 28.2 Å². The number of aryl methyl sites for hydroxylation is 1. The van der Waals surface area contributed by atoms with Crippen molar-refractivity contribution in [3.05, 3.63) is 49.9 Å². The van der Waals surface area contributed by atoms with Crippen molar-refractivity contribution in [2.45, 2.75) is 17.8 Å². The van der Waals surface area contributed by atoms with E-state index in [1.54, 1.807) is 19.1 Å². The highest BCUT2D eigenvalue weighted by molar-refractivity contribution is 7.98. The zero-order chi connectivity index (χ0) is 13.1. The molecule has 0 atom stereocenters. The van der Waals surface area contributed by atoms with Crippen molar-refractivity contribution in [1.82, 2.24) is 15.2 Å². The first-order valence-electron chi connectivity index (χ1n) is 5.06. The molecule has 0 aliphatic heterocycles. The van der Waals surface area contributed by atoms with Gasteiger partial charge < -0.3 is 0 Å². The standard InChI is InChI=1S/C11H9Cl2N3OS/c1-6-10(17)14-11(16-15-6)18-5-7-2-3-8(12)9(13)4-7/h2-4H,5H2,1H3,(H,14,16,17). The Morgan fingerprint density at radius 3 is 2.72 bits per heavy atom. The molecule has 0 fully saturated rings. The predicted octanol–water partition coefficient (Wildman–Crippen LogP) is 3.07. The summed E-state index contributed by atoms with van der Waals surface area (Å²) in [6.45, 7) is 1.61. The first-order valence-corrected chi connectivity index (χ1v) is 6.81. The number of aromatic amines is 1. The molecule has 1 heterocycles. The van der Waals surface area contributed by atoms with Crippen LogP contribution in [0.25, 0.3) is 0 Å². The van der Waals surface area contributed by atoms with Gasteiger partial charge >= 0.3 is 0 Å². The largest absolute Gasteiger partial charge is 0.298 e. The maximum absolute atomic E-state index is 11.3. The van der Waals surface area contributed by atoms with Gasteiger partial charge in [0.1, 0.15) is 5.69 Å². The van der Waals surface area contributed by atoms with E-state index in [1.807, 2.05) is 6.07 Å². The fourth-order valence-electron chi connectivity index (χ4n) is 1.22.